The number of carbonyl (C=O) groups is 1. The van der Waals surface area contributed by atoms with Crippen molar-refractivity contribution in [2.75, 3.05) is 0 Å². The number of rotatable bonds is 6. The Labute approximate surface area is 113 Å². The molecule has 2 atom stereocenters. The Morgan fingerprint density at radius 1 is 1.47 bits per heavy atom. The zero-order valence-electron chi connectivity index (χ0n) is 11.6. The summed E-state index contributed by atoms with van der Waals surface area (Å²) in [4.78, 5) is 11.2. The Balaban J connectivity index is 2.53. The van der Waals surface area contributed by atoms with Crippen molar-refractivity contribution in [3.63, 3.8) is 0 Å². The molecule has 1 rings (SSSR count). The third kappa shape index (κ3) is 5.29. The van der Waals surface area contributed by atoms with Crippen LogP contribution in [-0.2, 0) is 4.79 Å². The zero-order chi connectivity index (χ0) is 14.5. The number of aliphatic carboxylic acids is 1. The lowest BCUT2D eigenvalue weighted by atomic mass is 9.86. The van der Waals surface area contributed by atoms with Crippen LogP contribution in [0, 0.1) is 11.8 Å². The van der Waals surface area contributed by atoms with E-state index in [4.69, 9.17) is 5.11 Å². The Bertz CT molecular complexity index is 326. The molecule has 0 aromatic heterocycles. The summed E-state index contributed by atoms with van der Waals surface area (Å²) in [5.74, 6) is -4.08. The van der Waals surface area contributed by atoms with Crippen molar-refractivity contribution >= 4 is 5.97 Å². The summed E-state index contributed by atoms with van der Waals surface area (Å²) in [7, 11) is 0. The van der Waals surface area contributed by atoms with Crippen LogP contribution in [-0.4, -0.2) is 17.0 Å². The van der Waals surface area contributed by atoms with Crippen LogP contribution in [0.3, 0.4) is 0 Å². The summed E-state index contributed by atoms with van der Waals surface area (Å²) in [6.45, 7) is 5.65. The third-order valence-corrected chi connectivity index (χ3v) is 4.10. The SMILES string of the molecule is C=C(CC)[C@@H](CCC1CCCCC(F)(F)C1)C(=O)O. The Kier molecular flexibility index (Phi) is 5.95. The molecule has 110 valence electrons. The summed E-state index contributed by atoms with van der Waals surface area (Å²) < 4.78 is 27.0. The number of hydrogen-bond donors (Lipinski definition) is 1. The van der Waals surface area contributed by atoms with Gasteiger partial charge in [0.05, 0.1) is 5.92 Å². The van der Waals surface area contributed by atoms with Crippen LogP contribution in [0.2, 0.25) is 0 Å². The quantitative estimate of drug-likeness (QED) is 0.565. The van der Waals surface area contributed by atoms with Crippen molar-refractivity contribution in [1.29, 1.82) is 0 Å². The van der Waals surface area contributed by atoms with Gasteiger partial charge in [-0.05, 0) is 31.6 Å². The van der Waals surface area contributed by atoms with Crippen LogP contribution in [0.5, 0.6) is 0 Å². The van der Waals surface area contributed by atoms with Crippen molar-refractivity contribution in [1.82, 2.24) is 0 Å². The third-order valence-electron chi connectivity index (χ3n) is 4.10. The average molecular weight is 274 g/mol. The van der Waals surface area contributed by atoms with Crippen LogP contribution >= 0.6 is 0 Å². The lowest BCUT2D eigenvalue weighted by molar-refractivity contribution is -0.140. The number of halogens is 2. The maximum atomic E-state index is 13.5. The number of hydrogen-bond acceptors (Lipinski definition) is 1. The van der Waals surface area contributed by atoms with Crippen molar-refractivity contribution in [3.8, 4) is 0 Å². The van der Waals surface area contributed by atoms with Gasteiger partial charge in [0.1, 0.15) is 0 Å². The van der Waals surface area contributed by atoms with Crippen molar-refractivity contribution in [2.24, 2.45) is 11.8 Å². The fourth-order valence-corrected chi connectivity index (χ4v) is 2.84. The summed E-state index contributed by atoms with van der Waals surface area (Å²) in [6.07, 6.45) is 3.71. The molecule has 0 amide bonds. The van der Waals surface area contributed by atoms with Gasteiger partial charge in [0.25, 0.3) is 0 Å². The number of alkyl halides is 2. The summed E-state index contributed by atoms with van der Waals surface area (Å²) in [6, 6.07) is 0. The molecule has 0 heterocycles. The highest BCUT2D eigenvalue weighted by atomic mass is 19.3. The predicted octanol–water partition coefficient (Wildman–Crippen LogP) is 4.65. The molecule has 19 heavy (non-hydrogen) atoms. The highest BCUT2D eigenvalue weighted by molar-refractivity contribution is 5.73. The van der Waals surface area contributed by atoms with E-state index < -0.39 is 17.8 Å². The maximum Gasteiger partial charge on any atom is 0.310 e. The molecule has 2 nitrogen and oxygen atoms in total. The fourth-order valence-electron chi connectivity index (χ4n) is 2.84. The van der Waals surface area contributed by atoms with Gasteiger partial charge in [-0.25, -0.2) is 8.78 Å². The summed E-state index contributed by atoms with van der Waals surface area (Å²) in [5.41, 5.74) is 0.688. The molecule has 0 radical (unpaired) electrons. The highest BCUT2D eigenvalue weighted by Gasteiger charge is 2.34. The number of carboxylic acid groups (broad SMARTS) is 1. The molecule has 0 aliphatic heterocycles. The molecule has 1 aliphatic rings. The van der Waals surface area contributed by atoms with Gasteiger partial charge in [-0.3, -0.25) is 4.79 Å². The molecular weight excluding hydrogens is 250 g/mol. The monoisotopic (exact) mass is 274 g/mol. The smallest absolute Gasteiger partial charge is 0.310 e. The first-order valence-corrected chi connectivity index (χ1v) is 7.14. The van der Waals surface area contributed by atoms with Crippen LogP contribution in [0.25, 0.3) is 0 Å². The van der Waals surface area contributed by atoms with E-state index in [9.17, 15) is 13.6 Å². The van der Waals surface area contributed by atoms with Gasteiger partial charge in [-0.15, -0.1) is 0 Å². The summed E-state index contributed by atoms with van der Waals surface area (Å²) >= 11 is 0. The maximum absolute atomic E-state index is 13.5. The standard InChI is InChI=1S/C15H24F2O2/c1-3-11(2)13(14(18)19)8-7-12-6-4-5-9-15(16,17)10-12/h12-13H,2-10H2,1H3,(H,18,19)/t12?,13-/m1/s1. The minimum absolute atomic E-state index is 0.0203. The highest BCUT2D eigenvalue weighted by Crippen LogP contribution is 2.38. The van der Waals surface area contributed by atoms with E-state index >= 15 is 0 Å². The first-order chi connectivity index (χ1) is 8.85. The molecule has 0 saturated heterocycles. The molecule has 1 unspecified atom stereocenters. The van der Waals surface area contributed by atoms with Gasteiger partial charge in [0.2, 0.25) is 5.92 Å². The van der Waals surface area contributed by atoms with Crippen LogP contribution < -0.4 is 0 Å². The van der Waals surface area contributed by atoms with Crippen molar-refractivity contribution < 1.29 is 18.7 Å². The van der Waals surface area contributed by atoms with E-state index in [2.05, 4.69) is 6.58 Å². The second-order valence-corrected chi connectivity index (χ2v) is 5.65. The van der Waals surface area contributed by atoms with Gasteiger partial charge >= 0.3 is 5.97 Å². The molecular formula is C15H24F2O2. The molecule has 1 fully saturated rings. The first kappa shape index (κ1) is 16.1. The molecule has 0 bridgehead atoms. The van der Waals surface area contributed by atoms with Gasteiger partial charge in [-0.2, -0.15) is 0 Å². The first-order valence-electron chi connectivity index (χ1n) is 7.14. The Morgan fingerprint density at radius 3 is 2.74 bits per heavy atom. The van der Waals surface area contributed by atoms with Crippen LogP contribution in [0.4, 0.5) is 8.78 Å². The van der Waals surface area contributed by atoms with E-state index in [1.165, 1.54) is 0 Å². The lowest BCUT2D eigenvalue weighted by Gasteiger charge is -2.21. The molecule has 1 aliphatic carbocycles. The van der Waals surface area contributed by atoms with Gasteiger partial charge in [0.15, 0.2) is 0 Å². The van der Waals surface area contributed by atoms with E-state index in [-0.39, 0.29) is 18.8 Å². The topological polar surface area (TPSA) is 37.3 Å². The Hall–Kier alpha value is -0.930. The minimum Gasteiger partial charge on any atom is -0.481 e. The molecule has 0 aromatic carbocycles. The molecule has 0 aromatic rings. The zero-order valence-corrected chi connectivity index (χ0v) is 11.6. The molecule has 1 saturated carbocycles. The van der Waals surface area contributed by atoms with Crippen LogP contribution in [0.1, 0.15) is 58.3 Å². The fraction of sp³-hybridized carbons (Fsp3) is 0.800. The molecule has 1 N–H and O–H groups in total. The van der Waals surface area contributed by atoms with Crippen molar-refractivity contribution in [3.05, 3.63) is 12.2 Å². The molecule has 0 spiro atoms. The van der Waals surface area contributed by atoms with E-state index in [0.29, 0.717) is 31.3 Å². The van der Waals surface area contributed by atoms with E-state index in [0.717, 1.165) is 12.8 Å². The largest absolute Gasteiger partial charge is 0.481 e. The van der Waals surface area contributed by atoms with E-state index in [1.54, 1.807) is 0 Å². The predicted molar refractivity (Wildman–Crippen MR) is 71.3 cm³/mol. The van der Waals surface area contributed by atoms with Gasteiger partial charge in [-0.1, -0.05) is 31.9 Å². The average Bonchev–Trinajstić information content (AvgIpc) is 2.49. The van der Waals surface area contributed by atoms with Gasteiger partial charge in [0, 0.05) is 12.8 Å². The molecule has 4 heteroatoms. The minimum atomic E-state index is -2.57. The van der Waals surface area contributed by atoms with E-state index in [1.807, 2.05) is 6.92 Å². The normalized spacial score (nSPS) is 24.5. The Morgan fingerprint density at radius 2 is 2.16 bits per heavy atom. The number of carboxylic acids is 1. The second kappa shape index (κ2) is 7.01. The second-order valence-electron chi connectivity index (χ2n) is 5.65. The van der Waals surface area contributed by atoms with Gasteiger partial charge < -0.3 is 5.11 Å². The lowest BCUT2D eigenvalue weighted by Crippen LogP contribution is -2.21. The van der Waals surface area contributed by atoms with Crippen LogP contribution in [0.15, 0.2) is 12.2 Å². The van der Waals surface area contributed by atoms with Crippen molar-refractivity contribution in [2.45, 2.75) is 64.2 Å². The summed E-state index contributed by atoms with van der Waals surface area (Å²) in [5, 5.41) is 9.15.